The van der Waals surface area contributed by atoms with Gasteiger partial charge in [0.15, 0.2) is 0 Å². The Hall–Kier alpha value is -3.22. The predicted molar refractivity (Wildman–Crippen MR) is 86.5 cm³/mol. The van der Waals surface area contributed by atoms with Gasteiger partial charge in [0, 0.05) is 24.4 Å². The molecule has 24 heavy (non-hydrogen) atoms. The summed E-state index contributed by atoms with van der Waals surface area (Å²) in [7, 11) is 1.44. The maximum Gasteiger partial charge on any atom is 0.257 e. The Kier molecular flexibility index (Phi) is 4.24. The summed E-state index contributed by atoms with van der Waals surface area (Å²) in [6.45, 7) is -0.0193. The lowest BCUT2D eigenvalue weighted by Gasteiger charge is -2.07. The number of fused-ring (bicyclic) bond motifs is 1. The van der Waals surface area contributed by atoms with Crippen molar-refractivity contribution in [3.8, 4) is 5.88 Å². The van der Waals surface area contributed by atoms with Crippen LogP contribution in [0.1, 0.15) is 15.9 Å². The Morgan fingerprint density at radius 1 is 1.29 bits per heavy atom. The van der Waals surface area contributed by atoms with Crippen molar-refractivity contribution in [1.82, 2.24) is 15.3 Å². The van der Waals surface area contributed by atoms with E-state index in [9.17, 15) is 14.0 Å². The molecule has 0 saturated carbocycles. The topological polar surface area (TPSA) is 84.1 Å². The van der Waals surface area contributed by atoms with Gasteiger partial charge in [-0.25, -0.2) is 9.37 Å². The van der Waals surface area contributed by atoms with E-state index < -0.39 is 17.2 Å². The third-order valence-corrected chi connectivity index (χ3v) is 3.55. The first-order valence-electron chi connectivity index (χ1n) is 7.18. The molecule has 122 valence electrons. The van der Waals surface area contributed by atoms with Gasteiger partial charge < -0.3 is 15.0 Å². The Labute approximate surface area is 136 Å². The fraction of sp³-hybridized carbons (Fsp3) is 0.118. The summed E-state index contributed by atoms with van der Waals surface area (Å²) in [6.07, 6.45) is 1.31. The Bertz CT molecular complexity index is 969. The number of carbonyl (C=O) groups excluding carboxylic acids is 1. The Morgan fingerprint density at radius 3 is 2.83 bits per heavy atom. The number of methoxy groups -OCH3 is 1. The lowest BCUT2D eigenvalue weighted by molar-refractivity contribution is 0.0949. The number of pyridine rings is 2. The van der Waals surface area contributed by atoms with Crippen LogP contribution in [0, 0.1) is 5.82 Å². The number of aromatic amines is 1. The van der Waals surface area contributed by atoms with Gasteiger partial charge in [-0.3, -0.25) is 9.59 Å². The van der Waals surface area contributed by atoms with E-state index in [0.717, 1.165) is 0 Å². The smallest absolute Gasteiger partial charge is 0.257 e. The Balaban J connectivity index is 1.88. The van der Waals surface area contributed by atoms with Gasteiger partial charge in [0.25, 0.3) is 5.91 Å². The largest absolute Gasteiger partial charge is 0.481 e. The molecule has 3 rings (SSSR count). The van der Waals surface area contributed by atoms with E-state index in [1.807, 2.05) is 0 Å². The molecule has 0 aliphatic carbocycles. The maximum atomic E-state index is 13.6. The molecule has 0 atom stereocenters. The highest BCUT2D eigenvalue weighted by Crippen LogP contribution is 2.12. The van der Waals surface area contributed by atoms with E-state index in [0.29, 0.717) is 11.1 Å². The highest BCUT2D eigenvalue weighted by atomic mass is 19.1. The van der Waals surface area contributed by atoms with Gasteiger partial charge in [0.2, 0.25) is 11.3 Å². The van der Waals surface area contributed by atoms with E-state index in [4.69, 9.17) is 4.74 Å². The van der Waals surface area contributed by atoms with Gasteiger partial charge in [0.05, 0.1) is 12.6 Å². The van der Waals surface area contributed by atoms with Crippen LogP contribution in [0.25, 0.3) is 11.0 Å². The molecule has 1 aromatic carbocycles. The molecular formula is C17H14FN3O3. The molecule has 0 aliphatic rings. The summed E-state index contributed by atoms with van der Waals surface area (Å²) in [5, 5.41) is 2.53. The third-order valence-electron chi connectivity index (χ3n) is 3.55. The van der Waals surface area contributed by atoms with Crippen LogP contribution in [0.3, 0.4) is 0 Å². The number of carbonyl (C=O) groups is 1. The van der Waals surface area contributed by atoms with Crippen LogP contribution in [0.2, 0.25) is 0 Å². The lowest BCUT2D eigenvalue weighted by atomic mass is 10.2. The average Bonchev–Trinajstić information content (AvgIpc) is 2.61. The van der Waals surface area contributed by atoms with Crippen LogP contribution >= 0.6 is 0 Å². The van der Waals surface area contributed by atoms with Crippen molar-refractivity contribution in [2.45, 2.75) is 6.54 Å². The number of H-pyrrole nitrogens is 1. The third kappa shape index (κ3) is 2.96. The maximum absolute atomic E-state index is 13.6. The van der Waals surface area contributed by atoms with E-state index >= 15 is 0 Å². The van der Waals surface area contributed by atoms with E-state index in [2.05, 4.69) is 15.3 Å². The summed E-state index contributed by atoms with van der Waals surface area (Å²) in [4.78, 5) is 31.6. The predicted octanol–water partition coefficient (Wildman–Crippen LogP) is 2.00. The zero-order valence-corrected chi connectivity index (χ0v) is 12.8. The second-order valence-corrected chi connectivity index (χ2v) is 5.06. The summed E-state index contributed by atoms with van der Waals surface area (Å²) in [5.74, 6) is -0.750. The fourth-order valence-electron chi connectivity index (χ4n) is 2.27. The van der Waals surface area contributed by atoms with Crippen molar-refractivity contribution in [3.63, 3.8) is 0 Å². The number of hydrogen-bond donors (Lipinski definition) is 2. The molecule has 0 aliphatic heterocycles. The number of amides is 1. The van der Waals surface area contributed by atoms with Gasteiger partial charge >= 0.3 is 0 Å². The summed E-state index contributed by atoms with van der Waals surface area (Å²) < 4.78 is 18.6. The molecule has 2 N–H and O–H groups in total. The van der Waals surface area contributed by atoms with Crippen molar-refractivity contribution in [2.24, 2.45) is 0 Å². The normalized spacial score (nSPS) is 10.6. The van der Waals surface area contributed by atoms with Crippen LogP contribution in [0.5, 0.6) is 5.88 Å². The van der Waals surface area contributed by atoms with Gasteiger partial charge in [-0.2, -0.15) is 0 Å². The molecule has 6 nitrogen and oxygen atoms in total. The molecule has 0 unspecified atom stereocenters. The van der Waals surface area contributed by atoms with Crippen LogP contribution in [-0.2, 0) is 6.54 Å². The Morgan fingerprint density at radius 2 is 2.08 bits per heavy atom. The van der Waals surface area contributed by atoms with Crippen molar-refractivity contribution >= 4 is 16.9 Å². The number of nitrogens with one attached hydrogen (secondary N) is 2. The summed E-state index contributed by atoms with van der Waals surface area (Å²) in [5.41, 5.74) is 0.315. The monoisotopic (exact) mass is 327 g/mol. The van der Waals surface area contributed by atoms with Crippen molar-refractivity contribution in [3.05, 3.63) is 69.8 Å². The second kappa shape index (κ2) is 6.49. The molecule has 3 aromatic rings. The first-order chi connectivity index (χ1) is 11.6. The number of nitrogens with zero attached hydrogens (tertiary/aromatic N) is 1. The summed E-state index contributed by atoms with van der Waals surface area (Å²) in [6, 6.07) is 9.35. The van der Waals surface area contributed by atoms with Crippen LogP contribution in [0.15, 0.2) is 47.4 Å². The summed E-state index contributed by atoms with van der Waals surface area (Å²) >= 11 is 0. The highest BCUT2D eigenvalue weighted by Gasteiger charge is 2.14. The molecule has 0 saturated heterocycles. The van der Waals surface area contributed by atoms with Crippen LogP contribution < -0.4 is 15.5 Å². The molecule has 1 amide bonds. The zero-order chi connectivity index (χ0) is 17.1. The van der Waals surface area contributed by atoms with E-state index in [-0.39, 0.29) is 23.5 Å². The first kappa shape index (κ1) is 15.7. The van der Waals surface area contributed by atoms with Crippen molar-refractivity contribution in [2.75, 3.05) is 7.11 Å². The quantitative estimate of drug-likeness (QED) is 0.768. The number of halogens is 1. The fourth-order valence-corrected chi connectivity index (χ4v) is 2.27. The van der Waals surface area contributed by atoms with Crippen LogP contribution in [-0.4, -0.2) is 23.0 Å². The molecule has 7 heteroatoms. The molecular weight excluding hydrogens is 313 g/mol. The highest BCUT2D eigenvalue weighted by molar-refractivity contribution is 5.96. The standard InChI is InChI=1S/C17H14FN3O3/c1-24-14-7-6-13-15(21-14)16(22)11(9-19-13)17(23)20-8-10-4-2-3-5-12(10)18/h2-7,9H,8H2,1H3,(H,19,22)(H,20,23). The average molecular weight is 327 g/mol. The zero-order valence-electron chi connectivity index (χ0n) is 12.8. The molecule has 2 aromatic heterocycles. The van der Waals surface area contributed by atoms with Gasteiger partial charge in [-0.15, -0.1) is 0 Å². The molecule has 0 bridgehead atoms. The number of benzene rings is 1. The SMILES string of the molecule is COc1ccc2[nH]cc(C(=O)NCc3ccccc3F)c(=O)c2n1. The first-order valence-corrected chi connectivity index (χ1v) is 7.18. The number of rotatable bonds is 4. The minimum atomic E-state index is -0.606. The number of ether oxygens (including phenoxy) is 1. The van der Waals surface area contributed by atoms with Gasteiger partial charge in [0.1, 0.15) is 16.9 Å². The van der Waals surface area contributed by atoms with E-state index in [1.54, 1.807) is 30.3 Å². The second-order valence-electron chi connectivity index (χ2n) is 5.06. The van der Waals surface area contributed by atoms with Crippen molar-refractivity contribution < 1.29 is 13.9 Å². The molecule has 0 spiro atoms. The van der Waals surface area contributed by atoms with Crippen LogP contribution in [0.4, 0.5) is 4.39 Å². The minimum Gasteiger partial charge on any atom is -0.481 e. The molecule has 2 heterocycles. The molecule has 0 radical (unpaired) electrons. The lowest BCUT2D eigenvalue weighted by Crippen LogP contribution is -2.29. The van der Waals surface area contributed by atoms with Gasteiger partial charge in [-0.05, 0) is 12.1 Å². The molecule has 0 fully saturated rings. The number of hydrogen-bond acceptors (Lipinski definition) is 4. The van der Waals surface area contributed by atoms with E-state index in [1.165, 1.54) is 19.4 Å². The number of aromatic nitrogens is 2. The van der Waals surface area contributed by atoms with Gasteiger partial charge in [-0.1, -0.05) is 18.2 Å². The minimum absolute atomic E-state index is 0.0193. The van der Waals surface area contributed by atoms with Crippen molar-refractivity contribution in [1.29, 1.82) is 0 Å².